The predicted molar refractivity (Wildman–Crippen MR) is 149 cm³/mol. The van der Waals surface area contributed by atoms with E-state index in [9.17, 15) is 8.42 Å². The molecular formula is C25H21Cl2N5O2S2. The molecule has 0 saturated carbocycles. The fourth-order valence-corrected chi connectivity index (χ4v) is 5.78. The van der Waals surface area contributed by atoms with Gasteiger partial charge in [0.2, 0.25) is 10.0 Å². The maximum absolute atomic E-state index is 11.6. The minimum Gasteiger partial charge on any atom is -0.351 e. The highest BCUT2D eigenvalue weighted by Gasteiger charge is 2.42. The molecule has 4 aromatic rings. The first-order valence-corrected chi connectivity index (χ1v) is 14.0. The molecule has 2 aromatic carbocycles. The van der Waals surface area contributed by atoms with Crippen molar-refractivity contribution in [2.45, 2.75) is 12.1 Å². The van der Waals surface area contributed by atoms with Crippen molar-refractivity contribution in [3.63, 3.8) is 0 Å². The Labute approximate surface area is 224 Å². The maximum atomic E-state index is 11.6. The van der Waals surface area contributed by atoms with Crippen LogP contribution in [0.2, 0.25) is 10.0 Å². The standard InChI is InChI=1S/C25H21Cl2N5O2S2/c1-36(33,34)30-17-8-10-18(11-9-17)32-24(23(29-25(32)35)20-5-2-3-13-28-20)22-6-4-14-31(22)21-12-7-16(26)15-19(21)27/h2-15,23-24,30H,1H3,(H,29,35)/t23-,24+/m1/s1. The minimum absolute atomic E-state index is 0.257. The van der Waals surface area contributed by atoms with E-state index in [1.807, 2.05) is 64.2 Å². The lowest BCUT2D eigenvalue weighted by Gasteiger charge is -2.29. The fourth-order valence-electron chi connectivity index (χ4n) is 4.37. The number of rotatable bonds is 6. The predicted octanol–water partition coefficient (Wildman–Crippen LogP) is 5.73. The van der Waals surface area contributed by atoms with Crippen LogP contribution < -0.4 is 14.9 Å². The zero-order chi connectivity index (χ0) is 25.4. The van der Waals surface area contributed by atoms with Gasteiger partial charge in [-0.05, 0) is 78.9 Å². The first-order valence-electron chi connectivity index (χ1n) is 10.9. The number of pyridine rings is 1. The van der Waals surface area contributed by atoms with E-state index in [1.165, 1.54) is 0 Å². The lowest BCUT2D eigenvalue weighted by molar-refractivity contribution is 0.549. The van der Waals surface area contributed by atoms with Crippen LogP contribution in [0.5, 0.6) is 0 Å². The van der Waals surface area contributed by atoms with Crippen LogP contribution in [-0.4, -0.2) is 29.3 Å². The monoisotopic (exact) mass is 557 g/mol. The van der Waals surface area contributed by atoms with Crippen molar-refractivity contribution in [1.82, 2.24) is 14.9 Å². The summed E-state index contributed by atoms with van der Waals surface area (Å²) in [7, 11) is -3.39. The SMILES string of the molecule is CS(=O)(=O)Nc1ccc(N2C(=S)N[C@H](c3ccccn3)[C@@H]2c2cccn2-c2ccc(Cl)cc2Cl)cc1. The van der Waals surface area contributed by atoms with Crippen LogP contribution in [-0.2, 0) is 10.0 Å². The topological polar surface area (TPSA) is 79.3 Å². The Hall–Kier alpha value is -3.11. The van der Waals surface area contributed by atoms with Crippen molar-refractivity contribution in [3.8, 4) is 5.69 Å². The molecule has 1 aliphatic heterocycles. The molecule has 2 aromatic heterocycles. The summed E-state index contributed by atoms with van der Waals surface area (Å²) in [5.74, 6) is 0. The molecule has 0 radical (unpaired) electrons. The Morgan fingerprint density at radius 3 is 2.47 bits per heavy atom. The molecule has 36 heavy (non-hydrogen) atoms. The number of hydrogen-bond acceptors (Lipinski definition) is 4. The van der Waals surface area contributed by atoms with Crippen LogP contribution in [0.15, 0.2) is 85.2 Å². The molecule has 0 spiro atoms. The summed E-state index contributed by atoms with van der Waals surface area (Å²) < 4.78 is 27.8. The van der Waals surface area contributed by atoms with E-state index < -0.39 is 10.0 Å². The highest BCUT2D eigenvalue weighted by molar-refractivity contribution is 7.92. The van der Waals surface area contributed by atoms with Gasteiger partial charge in [0.15, 0.2) is 5.11 Å². The normalized spacial score (nSPS) is 17.8. The molecule has 1 fully saturated rings. The molecule has 0 aliphatic carbocycles. The van der Waals surface area contributed by atoms with Gasteiger partial charge in [-0.1, -0.05) is 29.3 Å². The Morgan fingerprint density at radius 1 is 1.03 bits per heavy atom. The summed E-state index contributed by atoms with van der Waals surface area (Å²) in [6.07, 6.45) is 4.81. The average Bonchev–Trinajstić information content (AvgIpc) is 3.43. The third-order valence-electron chi connectivity index (χ3n) is 5.80. The van der Waals surface area contributed by atoms with Crippen molar-refractivity contribution in [2.24, 2.45) is 0 Å². The molecule has 0 amide bonds. The summed E-state index contributed by atoms with van der Waals surface area (Å²) in [6.45, 7) is 0. The zero-order valence-electron chi connectivity index (χ0n) is 19.0. The highest BCUT2D eigenvalue weighted by atomic mass is 35.5. The van der Waals surface area contributed by atoms with Crippen LogP contribution in [0.25, 0.3) is 5.69 Å². The van der Waals surface area contributed by atoms with Crippen LogP contribution in [0, 0.1) is 0 Å². The Morgan fingerprint density at radius 2 is 1.81 bits per heavy atom. The second kappa shape index (κ2) is 9.74. The number of hydrogen-bond donors (Lipinski definition) is 2. The number of sulfonamides is 1. The number of halogens is 2. The van der Waals surface area contributed by atoms with Crippen molar-refractivity contribution in [1.29, 1.82) is 0 Å². The van der Waals surface area contributed by atoms with Gasteiger partial charge in [-0.25, -0.2) is 8.42 Å². The molecule has 2 atom stereocenters. The number of nitrogens with zero attached hydrogens (tertiary/aromatic N) is 3. The Balaban J connectivity index is 1.62. The van der Waals surface area contributed by atoms with Gasteiger partial charge < -0.3 is 14.8 Å². The second-order valence-corrected chi connectivity index (χ2v) is 11.3. The number of benzene rings is 2. The zero-order valence-corrected chi connectivity index (χ0v) is 22.1. The van der Waals surface area contributed by atoms with Gasteiger partial charge in [0.25, 0.3) is 0 Å². The fraction of sp³-hybridized carbons (Fsp3) is 0.120. The van der Waals surface area contributed by atoms with E-state index in [0.29, 0.717) is 20.8 Å². The summed E-state index contributed by atoms with van der Waals surface area (Å²) in [5, 5.41) is 5.02. The first-order chi connectivity index (χ1) is 17.2. The van der Waals surface area contributed by atoms with Crippen LogP contribution >= 0.6 is 35.4 Å². The molecular weight excluding hydrogens is 537 g/mol. The van der Waals surface area contributed by atoms with Crippen LogP contribution in [0.4, 0.5) is 11.4 Å². The van der Waals surface area contributed by atoms with Crippen LogP contribution in [0.3, 0.4) is 0 Å². The van der Waals surface area contributed by atoms with Crippen molar-refractivity contribution < 1.29 is 8.42 Å². The van der Waals surface area contributed by atoms with Crippen LogP contribution in [0.1, 0.15) is 23.5 Å². The van der Waals surface area contributed by atoms with E-state index in [4.69, 9.17) is 35.4 Å². The third kappa shape index (κ3) is 4.92. The van der Waals surface area contributed by atoms with Gasteiger partial charge in [0.1, 0.15) is 6.04 Å². The molecule has 184 valence electrons. The van der Waals surface area contributed by atoms with Gasteiger partial charge in [0.05, 0.1) is 28.7 Å². The second-order valence-electron chi connectivity index (χ2n) is 8.32. The first kappa shape index (κ1) is 24.6. The van der Waals surface area contributed by atoms with Crippen molar-refractivity contribution in [2.75, 3.05) is 15.9 Å². The number of anilines is 2. The highest BCUT2D eigenvalue weighted by Crippen LogP contribution is 2.43. The van der Waals surface area contributed by atoms with E-state index in [0.717, 1.165) is 29.0 Å². The van der Waals surface area contributed by atoms with Crippen molar-refractivity contribution >= 4 is 61.9 Å². The smallest absolute Gasteiger partial charge is 0.229 e. The lowest BCUT2D eigenvalue weighted by atomic mass is 10.0. The largest absolute Gasteiger partial charge is 0.351 e. The summed E-state index contributed by atoms with van der Waals surface area (Å²) >= 11 is 18.5. The maximum Gasteiger partial charge on any atom is 0.229 e. The molecule has 3 heterocycles. The molecule has 1 aliphatic rings. The molecule has 2 N–H and O–H groups in total. The Bertz CT molecular complexity index is 1530. The number of nitrogens with one attached hydrogen (secondary N) is 2. The molecule has 5 rings (SSSR count). The van der Waals surface area contributed by atoms with E-state index in [-0.39, 0.29) is 12.1 Å². The number of thiocarbonyl (C=S) groups is 1. The lowest BCUT2D eigenvalue weighted by Crippen LogP contribution is -2.30. The van der Waals surface area contributed by atoms with Gasteiger partial charge in [-0.15, -0.1) is 0 Å². The van der Waals surface area contributed by atoms with Gasteiger partial charge in [0, 0.05) is 34.5 Å². The van der Waals surface area contributed by atoms with E-state index in [1.54, 1.807) is 30.5 Å². The molecule has 1 saturated heterocycles. The molecule has 7 nitrogen and oxygen atoms in total. The van der Waals surface area contributed by atoms with E-state index in [2.05, 4.69) is 15.0 Å². The number of aromatic nitrogens is 2. The van der Waals surface area contributed by atoms with E-state index >= 15 is 0 Å². The molecule has 11 heteroatoms. The third-order valence-corrected chi connectivity index (χ3v) is 7.26. The molecule has 0 bridgehead atoms. The summed E-state index contributed by atoms with van der Waals surface area (Å²) in [5.41, 5.74) is 3.81. The van der Waals surface area contributed by atoms with Gasteiger partial charge in [-0.2, -0.15) is 0 Å². The Kier molecular flexibility index (Phi) is 6.65. The average molecular weight is 559 g/mol. The molecule has 0 unspecified atom stereocenters. The summed E-state index contributed by atoms with van der Waals surface area (Å²) in [6, 6.07) is 21.7. The quantitative estimate of drug-likeness (QED) is 0.295. The van der Waals surface area contributed by atoms with Gasteiger partial charge in [-0.3, -0.25) is 9.71 Å². The van der Waals surface area contributed by atoms with Crippen molar-refractivity contribution in [3.05, 3.63) is 107 Å². The summed E-state index contributed by atoms with van der Waals surface area (Å²) in [4.78, 5) is 6.60. The van der Waals surface area contributed by atoms with Gasteiger partial charge >= 0.3 is 0 Å². The minimum atomic E-state index is -3.39.